The predicted molar refractivity (Wildman–Crippen MR) is 124 cm³/mol. The summed E-state index contributed by atoms with van der Waals surface area (Å²) in [6, 6.07) is 11.2. The molecule has 0 bridgehead atoms. The maximum absolute atomic E-state index is 13.1. The van der Waals surface area contributed by atoms with E-state index in [0.717, 1.165) is 35.4 Å². The van der Waals surface area contributed by atoms with Crippen LogP contribution in [0.1, 0.15) is 31.7 Å². The van der Waals surface area contributed by atoms with Crippen molar-refractivity contribution in [1.82, 2.24) is 4.31 Å². The van der Waals surface area contributed by atoms with E-state index < -0.39 is 14.9 Å². The Bertz CT molecular complexity index is 1130. The molecule has 8 nitrogen and oxygen atoms in total. The first-order chi connectivity index (χ1) is 15.3. The van der Waals surface area contributed by atoms with Crippen molar-refractivity contribution >= 4 is 39.1 Å². The largest absolute Gasteiger partial charge is 0.311 e. The fraction of sp³-hybridized carbons (Fsp3) is 0.409. The zero-order valence-electron chi connectivity index (χ0n) is 17.8. The SMILES string of the molecule is CC(Sc1ccc([N+](=O)[O-])cc1)C(=O)N1CCc2cc(S(=O)(=O)N3CCCCC3)ccc21. The second kappa shape index (κ2) is 9.21. The Balaban J connectivity index is 1.47. The van der Waals surface area contributed by atoms with Gasteiger partial charge in [0.25, 0.3) is 5.69 Å². The number of anilines is 1. The maximum atomic E-state index is 13.1. The van der Waals surface area contributed by atoms with Crippen LogP contribution in [0.25, 0.3) is 0 Å². The van der Waals surface area contributed by atoms with Crippen molar-refractivity contribution in [1.29, 1.82) is 0 Å². The number of benzene rings is 2. The summed E-state index contributed by atoms with van der Waals surface area (Å²) in [7, 11) is -3.51. The lowest BCUT2D eigenvalue weighted by molar-refractivity contribution is -0.384. The van der Waals surface area contributed by atoms with Crippen molar-refractivity contribution in [3.8, 4) is 0 Å². The van der Waals surface area contributed by atoms with Crippen LogP contribution in [0, 0.1) is 10.1 Å². The number of nitrogens with zero attached hydrogens (tertiary/aromatic N) is 3. The van der Waals surface area contributed by atoms with Gasteiger partial charge in [0, 0.05) is 42.3 Å². The molecule has 2 aliphatic heterocycles. The lowest BCUT2D eigenvalue weighted by atomic mass is 10.2. The fourth-order valence-electron chi connectivity index (χ4n) is 4.14. The van der Waals surface area contributed by atoms with Crippen LogP contribution in [0.2, 0.25) is 0 Å². The molecule has 0 N–H and O–H groups in total. The summed E-state index contributed by atoms with van der Waals surface area (Å²) in [5.74, 6) is -0.0706. The number of non-ortho nitro benzene ring substituents is 1. The molecule has 1 atom stereocenters. The van der Waals surface area contributed by atoms with Crippen molar-refractivity contribution in [2.75, 3.05) is 24.5 Å². The summed E-state index contributed by atoms with van der Waals surface area (Å²) in [5.41, 5.74) is 1.63. The van der Waals surface area contributed by atoms with Crippen molar-refractivity contribution in [3.05, 3.63) is 58.1 Å². The molecule has 170 valence electrons. The van der Waals surface area contributed by atoms with Gasteiger partial charge in [-0.15, -0.1) is 11.8 Å². The van der Waals surface area contributed by atoms with Gasteiger partial charge in [-0.1, -0.05) is 6.42 Å². The molecule has 1 saturated heterocycles. The van der Waals surface area contributed by atoms with Gasteiger partial charge in [0.15, 0.2) is 0 Å². The number of hydrogen-bond donors (Lipinski definition) is 0. The first-order valence-electron chi connectivity index (χ1n) is 10.6. The van der Waals surface area contributed by atoms with Crippen molar-refractivity contribution in [3.63, 3.8) is 0 Å². The third-order valence-electron chi connectivity index (χ3n) is 5.87. The fourth-order valence-corrected chi connectivity index (χ4v) is 6.64. The van der Waals surface area contributed by atoms with E-state index in [4.69, 9.17) is 0 Å². The summed E-state index contributed by atoms with van der Waals surface area (Å²) in [6.45, 7) is 3.43. The molecule has 1 unspecified atom stereocenters. The number of carbonyl (C=O) groups is 1. The molecule has 0 aromatic heterocycles. The number of carbonyl (C=O) groups excluding carboxylic acids is 1. The monoisotopic (exact) mass is 475 g/mol. The van der Waals surface area contributed by atoms with E-state index in [0.29, 0.717) is 31.0 Å². The van der Waals surface area contributed by atoms with Gasteiger partial charge in [-0.3, -0.25) is 14.9 Å². The normalized spacial score (nSPS) is 17.7. The second-order valence-corrected chi connectivity index (χ2v) is 11.4. The highest BCUT2D eigenvalue weighted by Gasteiger charge is 2.31. The van der Waals surface area contributed by atoms with Gasteiger partial charge in [-0.2, -0.15) is 4.31 Å². The molecule has 2 aliphatic rings. The molecule has 2 aromatic carbocycles. The molecule has 2 heterocycles. The van der Waals surface area contributed by atoms with Gasteiger partial charge in [0.05, 0.1) is 15.1 Å². The number of nitro benzene ring substituents is 1. The van der Waals surface area contributed by atoms with Crippen LogP contribution in [-0.4, -0.2) is 48.4 Å². The van der Waals surface area contributed by atoms with Crippen LogP contribution in [0.15, 0.2) is 52.3 Å². The van der Waals surface area contributed by atoms with Crippen LogP contribution in [0.5, 0.6) is 0 Å². The molecule has 0 spiro atoms. The molecule has 32 heavy (non-hydrogen) atoms. The average molecular weight is 476 g/mol. The molecule has 0 saturated carbocycles. The molecule has 1 amide bonds. The van der Waals surface area contributed by atoms with Gasteiger partial charge in [-0.05, 0) is 62.1 Å². The quantitative estimate of drug-likeness (QED) is 0.357. The summed E-state index contributed by atoms with van der Waals surface area (Å²) in [5, 5.41) is 10.4. The van der Waals surface area contributed by atoms with E-state index in [1.807, 2.05) is 6.92 Å². The number of rotatable bonds is 6. The summed E-state index contributed by atoms with van der Waals surface area (Å²) in [6.07, 6.45) is 3.44. The van der Waals surface area contributed by atoms with Crippen LogP contribution in [0.4, 0.5) is 11.4 Å². The Morgan fingerprint density at radius 1 is 1.06 bits per heavy atom. The van der Waals surface area contributed by atoms with Crippen LogP contribution >= 0.6 is 11.8 Å². The van der Waals surface area contributed by atoms with Gasteiger partial charge in [0.2, 0.25) is 15.9 Å². The predicted octanol–water partition coefficient (Wildman–Crippen LogP) is 3.84. The third-order valence-corrected chi connectivity index (χ3v) is 8.87. The van der Waals surface area contributed by atoms with E-state index in [9.17, 15) is 23.3 Å². The molecular formula is C22H25N3O5S2. The first kappa shape index (κ1) is 22.8. The Morgan fingerprint density at radius 2 is 1.75 bits per heavy atom. The minimum atomic E-state index is -3.51. The highest BCUT2D eigenvalue weighted by atomic mass is 32.2. The number of thioether (sulfide) groups is 1. The van der Waals surface area contributed by atoms with E-state index in [2.05, 4.69) is 0 Å². The van der Waals surface area contributed by atoms with E-state index in [-0.39, 0.29) is 16.8 Å². The van der Waals surface area contributed by atoms with Crippen LogP contribution < -0.4 is 4.90 Å². The Hall–Kier alpha value is -2.43. The molecule has 0 radical (unpaired) electrons. The van der Waals surface area contributed by atoms with Gasteiger partial charge in [-0.25, -0.2) is 8.42 Å². The zero-order valence-corrected chi connectivity index (χ0v) is 19.4. The Labute approximate surface area is 191 Å². The highest BCUT2D eigenvalue weighted by Crippen LogP contribution is 2.34. The van der Waals surface area contributed by atoms with E-state index in [1.54, 1.807) is 39.5 Å². The van der Waals surface area contributed by atoms with E-state index in [1.165, 1.54) is 23.9 Å². The lowest BCUT2D eigenvalue weighted by Crippen LogP contribution is -2.36. The van der Waals surface area contributed by atoms with Gasteiger partial charge in [0.1, 0.15) is 0 Å². The minimum absolute atomic E-state index is 0.0112. The van der Waals surface area contributed by atoms with Crippen molar-refractivity contribution in [2.45, 2.75) is 47.6 Å². The summed E-state index contributed by atoms with van der Waals surface area (Å²) < 4.78 is 27.5. The van der Waals surface area contributed by atoms with Crippen LogP contribution in [-0.2, 0) is 21.2 Å². The van der Waals surface area contributed by atoms with Crippen molar-refractivity contribution in [2.24, 2.45) is 0 Å². The molecular weight excluding hydrogens is 450 g/mol. The zero-order chi connectivity index (χ0) is 22.9. The topological polar surface area (TPSA) is 101 Å². The Kier molecular flexibility index (Phi) is 6.55. The first-order valence-corrected chi connectivity index (χ1v) is 12.9. The maximum Gasteiger partial charge on any atom is 0.269 e. The second-order valence-electron chi connectivity index (χ2n) is 8.01. The number of sulfonamides is 1. The Morgan fingerprint density at radius 3 is 2.41 bits per heavy atom. The van der Waals surface area contributed by atoms with E-state index >= 15 is 0 Å². The number of fused-ring (bicyclic) bond motifs is 1. The molecule has 0 aliphatic carbocycles. The molecule has 10 heteroatoms. The lowest BCUT2D eigenvalue weighted by Gasteiger charge is -2.26. The smallest absolute Gasteiger partial charge is 0.269 e. The third kappa shape index (κ3) is 4.53. The minimum Gasteiger partial charge on any atom is -0.311 e. The number of amides is 1. The van der Waals surface area contributed by atoms with Gasteiger partial charge >= 0.3 is 0 Å². The van der Waals surface area contributed by atoms with Gasteiger partial charge < -0.3 is 4.90 Å². The molecule has 2 aromatic rings. The summed E-state index contributed by atoms with van der Waals surface area (Å²) in [4.78, 5) is 26.2. The molecule has 1 fully saturated rings. The number of hydrogen-bond acceptors (Lipinski definition) is 6. The highest BCUT2D eigenvalue weighted by molar-refractivity contribution is 8.00. The van der Waals surface area contributed by atoms with Crippen LogP contribution in [0.3, 0.4) is 0 Å². The average Bonchev–Trinajstić information content (AvgIpc) is 3.22. The molecule has 4 rings (SSSR count). The number of piperidine rings is 1. The number of nitro groups is 1. The standard InChI is InChI=1S/C22H25N3O5S2/c1-16(31-19-7-5-18(6-8-19)25(27)28)22(26)24-14-11-17-15-20(9-10-21(17)24)32(29,30)23-12-3-2-4-13-23/h5-10,15-16H,2-4,11-14H2,1H3. The summed E-state index contributed by atoms with van der Waals surface area (Å²) >= 11 is 1.34. The van der Waals surface area contributed by atoms with Crippen molar-refractivity contribution < 1.29 is 18.1 Å².